The minimum atomic E-state index is -1.43. The summed E-state index contributed by atoms with van der Waals surface area (Å²) in [6, 6.07) is 5.30. The van der Waals surface area contributed by atoms with E-state index in [-0.39, 0.29) is 12.0 Å². The zero-order valence-electron chi connectivity index (χ0n) is 21.3. The van der Waals surface area contributed by atoms with Crippen LogP contribution in [0.3, 0.4) is 0 Å². The van der Waals surface area contributed by atoms with Gasteiger partial charge in [0.05, 0.1) is 20.9 Å². The number of hydrogen-bond acceptors (Lipinski definition) is 7. The van der Waals surface area contributed by atoms with E-state index in [1.807, 2.05) is 19.2 Å². The van der Waals surface area contributed by atoms with Gasteiger partial charge in [0, 0.05) is 42.2 Å². The standard InChI is InChI=1S/C21H25N5O2S2.C4H9NO2/c1-2-25-30(28)18-12-15(19(27)26-21-22-10-11-23-21)8-9-16(18)17-13-24-20(29-17)14-6-4-3-5-7-14;1-3(2)7-4(5)6/h8-14,25H,2-7H2,1H3,(H2,22,23,26,27);3H,1-2H3,(H2,5,6). The first-order valence-corrected chi connectivity index (χ1v) is 14.3. The number of benzene rings is 1. The third-order valence-corrected chi connectivity index (χ3v) is 8.03. The highest BCUT2D eigenvalue weighted by Crippen LogP contribution is 2.39. The summed E-state index contributed by atoms with van der Waals surface area (Å²) in [7, 11) is -1.43. The first-order chi connectivity index (χ1) is 17.8. The number of nitrogens with one attached hydrogen (secondary N) is 3. The quantitative estimate of drug-likeness (QED) is 0.313. The molecule has 12 heteroatoms. The zero-order chi connectivity index (χ0) is 26.8. The van der Waals surface area contributed by atoms with Crippen molar-refractivity contribution in [2.75, 3.05) is 11.9 Å². The fraction of sp³-hybridized carbons (Fsp3) is 0.440. The predicted molar refractivity (Wildman–Crippen MR) is 146 cm³/mol. The zero-order valence-corrected chi connectivity index (χ0v) is 22.9. The molecule has 1 saturated carbocycles. The molecule has 0 saturated heterocycles. The Morgan fingerprint density at radius 2 is 2.00 bits per heavy atom. The number of carbonyl (C=O) groups is 2. The fourth-order valence-electron chi connectivity index (χ4n) is 3.93. The Bertz CT molecular complexity index is 1190. The number of aromatic amines is 1. The Labute approximate surface area is 223 Å². The monoisotopic (exact) mass is 546 g/mol. The molecule has 5 N–H and O–H groups in total. The number of anilines is 1. The van der Waals surface area contributed by atoms with Crippen molar-refractivity contribution in [1.29, 1.82) is 0 Å². The van der Waals surface area contributed by atoms with Crippen LogP contribution in [0.15, 0.2) is 41.7 Å². The molecule has 2 heterocycles. The largest absolute Gasteiger partial charge is 0.447 e. The third-order valence-electron chi connectivity index (χ3n) is 5.54. The van der Waals surface area contributed by atoms with Gasteiger partial charge in [-0.3, -0.25) is 10.1 Å². The smallest absolute Gasteiger partial charge is 0.404 e. The molecule has 3 aromatic rings. The highest BCUT2D eigenvalue weighted by molar-refractivity contribution is 7.83. The van der Waals surface area contributed by atoms with Gasteiger partial charge in [-0.15, -0.1) is 11.3 Å². The molecule has 1 aromatic carbocycles. The van der Waals surface area contributed by atoms with Gasteiger partial charge in [0.25, 0.3) is 5.91 Å². The van der Waals surface area contributed by atoms with Crippen LogP contribution in [0, 0.1) is 0 Å². The molecule has 1 unspecified atom stereocenters. The number of ether oxygens (including phenoxy) is 1. The van der Waals surface area contributed by atoms with E-state index in [4.69, 9.17) is 0 Å². The molecule has 1 atom stereocenters. The number of imidazole rings is 1. The number of thiazole rings is 1. The number of nitrogens with zero attached hydrogens (tertiary/aromatic N) is 2. The van der Waals surface area contributed by atoms with Gasteiger partial charge in [-0.25, -0.2) is 23.7 Å². The summed E-state index contributed by atoms with van der Waals surface area (Å²) in [6.07, 6.45) is 10.5. The molecule has 10 nitrogen and oxygen atoms in total. The van der Waals surface area contributed by atoms with Crippen LogP contribution in [0.4, 0.5) is 10.7 Å². The lowest BCUT2D eigenvalue weighted by Gasteiger charge is -2.18. The van der Waals surface area contributed by atoms with Crippen LogP contribution >= 0.6 is 11.3 Å². The number of primary amides is 1. The summed E-state index contributed by atoms with van der Waals surface area (Å²) in [5.41, 5.74) is 5.91. The van der Waals surface area contributed by atoms with Gasteiger partial charge in [-0.05, 0) is 38.8 Å². The lowest BCUT2D eigenvalue weighted by atomic mass is 9.90. The van der Waals surface area contributed by atoms with Crippen molar-refractivity contribution in [1.82, 2.24) is 19.7 Å². The van der Waals surface area contributed by atoms with Gasteiger partial charge in [-0.1, -0.05) is 32.3 Å². The number of rotatable bonds is 8. The molecule has 2 aromatic heterocycles. The van der Waals surface area contributed by atoms with Gasteiger partial charge < -0.3 is 15.5 Å². The summed E-state index contributed by atoms with van der Waals surface area (Å²) in [5.74, 6) is 0.593. The minimum Gasteiger partial charge on any atom is -0.447 e. The normalized spacial score (nSPS) is 14.5. The fourth-order valence-corrected chi connectivity index (χ4v) is 6.15. The average Bonchev–Trinajstić information content (AvgIpc) is 3.56. The molecule has 2 amide bonds. The molecule has 1 aliphatic carbocycles. The second-order valence-electron chi connectivity index (χ2n) is 8.75. The van der Waals surface area contributed by atoms with Crippen LogP contribution in [0.1, 0.15) is 74.2 Å². The van der Waals surface area contributed by atoms with Crippen LogP contribution in [-0.4, -0.2) is 43.8 Å². The highest BCUT2D eigenvalue weighted by atomic mass is 32.2. The summed E-state index contributed by atoms with van der Waals surface area (Å²) in [5, 5.41) is 3.86. The number of carbonyl (C=O) groups excluding carboxylic acids is 2. The second kappa shape index (κ2) is 14.0. The topological polar surface area (TPSA) is 152 Å². The molecule has 0 radical (unpaired) electrons. The predicted octanol–water partition coefficient (Wildman–Crippen LogP) is 4.96. The van der Waals surface area contributed by atoms with Crippen molar-refractivity contribution in [3.8, 4) is 10.4 Å². The van der Waals surface area contributed by atoms with Gasteiger partial charge in [0.15, 0.2) is 0 Å². The van der Waals surface area contributed by atoms with E-state index < -0.39 is 17.1 Å². The van der Waals surface area contributed by atoms with Gasteiger partial charge in [0.2, 0.25) is 5.95 Å². The summed E-state index contributed by atoms with van der Waals surface area (Å²) in [6.45, 7) is 5.94. The van der Waals surface area contributed by atoms with Crippen molar-refractivity contribution in [2.45, 2.75) is 69.8 Å². The molecule has 200 valence electrons. The SMILES string of the molecule is CC(C)OC(N)=O.CCNS(=O)c1cc(C(=O)Nc2ncc[nH]2)ccc1-c1cnc(C2CCCCC2)s1. The van der Waals surface area contributed by atoms with E-state index in [1.165, 1.54) is 32.1 Å². The second-order valence-corrected chi connectivity index (χ2v) is 11.1. The average molecular weight is 547 g/mol. The Morgan fingerprint density at radius 1 is 1.24 bits per heavy atom. The van der Waals surface area contributed by atoms with Crippen molar-refractivity contribution in [3.63, 3.8) is 0 Å². The molecule has 37 heavy (non-hydrogen) atoms. The first kappa shape index (κ1) is 28.5. The molecule has 1 aliphatic rings. The first-order valence-electron chi connectivity index (χ1n) is 12.3. The van der Waals surface area contributed by atoms with Crippen LogP contribution in [0.25, 0.3) is 10.4 Å². The highest BCUT2D eigenvalue weighted by Gasteiger charge is 2.21. The van der Waals surface area contributed by atoms with Gasteiger partial charge >= 0.3 is 6.09 Å². The van der Waals surface area contributed by atoms with E-state index >= 15 is 0 Å². The van der Waals surface area contributed by atoms with Crippen molar-refractivity contribution in [3.05, 3.63) is 47.4 Å². The summed E-state index contributed by atoms with van der Waals surface area (Å²) < 4.78 is 20.2. The Morgan fingerprint density at radius 3 is 2.59 bits per heavy atom. The van der Waals surface area contributed by atoms with Gasteiger partial charge in [0.1, 0.15) is 11.0 Å². The van der Waals surface area contributed by atoms with Crippen molar-refractivity contribution < 1.29 is 18.5 Å². The molecular formula is C25H34N6O4S2. The van der Waals surface area contributed by atoms with E-state index in [0.717, 1.165) is 15.4 Å². The number of nitrogens with two attached hydrogens (primary N) is 1. The van der Waals surface area contributed by atoms with Crippen LogP contribution in [0.5, 0.6) is 0 Å². The lowest BCUT2D eigenvalue weighted by Crippen LogP contribution is -2.18. The van der Waals surface area contributed by atoms with Crippen molar-refractivity contribution >= 4 is 40.3 Å². The summed E-state index contributed by atoms with van der Waals surface area (Å²) in [4.78, 5) is 35.5. The van der Waals surface area contributed by atoms with E-state index in [1.54, 1.807) is 49.7 Å². The molecule has 0 aliphatic heterocycles. The van der Waals surface area contributed by atoms with Crippen molar-refractivity contribution in [2.24, 2.45) is 5.73 Å². The van der Waals surface area contributed by atoms with Crippen LogP contribution in [-0.2, 0) is 15.7 Å². The minimum absolute atomic E-state index is 0.0995. The third kappa shape index (κ3) is 8.48. The number of amides is 2. The summed E-state index contributed by atoms with van der Waals surface area (Å²) >= 11 is 1.67. The van der Waals surface area contributed by atoms with Gasteiger partial charge in [-0.2, -0.15) is 0 Å². The molecule has 0 spiro atoms. The molecule has 1 fully saturated rings. The van der Waals surface area contributed by atoms with Crippen LogP contribution in [0.2, 0.25) is 0 Å². The van der Waals surface area contributed by atoms with E-state index in [0.29, 0.717) is 28.9 Å². The Hall–Kier alpha value is -3.09. The van der Waals surface area contributed by atoms with E-state index in [2.05, 4.69) is 35.5 Å². The molecule has 0 bridgehead atoms. The maximum absolute atomic E-state index is 12.9. The maximum atomic E-state index is 12.9. The Balaban J connectivity index is 0.000000479. The molecule has 4 rings (SSSR count). The maximum Gasteiger partial charge on any atom is 0.404 e. The Kier molecular flexibility index (Phi) is 10.8. The number of H-pyrrole nitrogens is 1. The van der Waals surface area contributed by atoms with Crippen LogP contribution < -0.4 is 15.8 Å². The van der Waals surface area contributed by atoms with E-state index in [9.17, 15) is 13.8 Å². The lowest BCUT2D eigenvalue weighted by molar-refractivity contribution is 0.102. The molecular weight excluding hydrogens is 512 g/mol. The number of hydrogen-bond donors (Lipinski definition) is 4. The number of aromatic nitrogens is 3.